The van der Waals surface area contributed by atoms with Crippen LogP contribution in [-0.4, -0.2) is 0 Å². The van der Waals surface area contributed by atoms with Crippen molar-refractivity contribution in [1.82, 2.24) is 0 Å². The van der Waals surface area contributed by atoms with Crippen molar-refractivity contribution in [2.75, 3.05) is 4.90 Å². The van der Waals surface area contributed by atoms with Crippen LogP contribution in [-0.2, 0) is 0 Å². The van der Waals surface area contributed by atoms with Gasteiger partial charge >= 0.3 is 0 Å². The van der Waals surface area contributed by atoms with E-state index < -0.39 is 0 Å². The van der Waals surface area contributed by atoms with Gasteiger partial charge in [0.2, 0.25) is 0 Å². The van der Waals surface area contributed by atoms with Gasteiger partial charge in [0.15, 0.2) is 0 Å². The summed E-state index contributed by atoms with van der Waals surface area (Å²) in [6.45, 7) is 0. The van der Waals surface area contributed by atoms with Gasteiger partial charge in [0.05, 0.1) is 16.1 Å². The summed E-state index contributed by atoms with van der Waals surface area (Å²) in [7, 11) is 0. The summed E-state index contributed by atoms with van der Waals surface area (Å²) in [6.07, 6.45) is 0. The molecule has 3 heterocycles. The lowest BCUT2D eigenvalue weighted by Crippen LogP contribution is -2.10. The fourth-order valence-electron chi connectivity index (χ4n) is 8.48. The number of para-hydroxylation sites is 1. The number of rotatable bonds is 4. The normalized spacial score (nSPS) is 12.1. The van der Waals surface area contributed by atoms with E-state index in [2.05, 4.69) is 181 Å². The van der Waals surface area contributed by atoms with E-state index >= 15 is 0 Å². The molecule has 0 atom stereocenters. The van der Waals surface area contributed by atoms with Crippen molar-refractivity contribution < 1.29 is 4.42 Å². The molecule has 0 saturated carbocycles. The van der Waals surface area contributed by atoms with Gasteiger partial charge in [-0.25, -0.2) is 0 Å². The third-order valence-electron chi connectivity index (χ3n) is 11.0. The fourth-order valence-corrected chi connectivity index (χ4v) is 10.8. The lowest BCUT2D eigenvalue weighted by molar-refractivity contribution is 0.673. The molecule has 12 rings (SSSR count). The van der Waals surface area contributed by atoms with E-state index in [0.29, 0.717) is 0 Å². The highest BCUT2D eigenvalue weighted by Crippen LogP contribution is 2.51. The molecule has 0 amide bonds. The van der Waals surface area contributed by atoms with Crippen LogP contribution < -0.4 is 4.90 Å². The van der Waals surface area contributed by atoms with Gasteiger partial charge in [0, 0.05) is 52.1 Å². The summed E-state index contributed by atoms with van der Waals surface area (Å²) < 4.78 is 11.7. The first-order valence-electron chi connectivity index (χ1n) is 18.2. The van der Waals surface area contributed by atoms with Crippen LogP contribution in [0.1, 0.15) is 0 Å². The lowest BCUT2D eigenvalue weighted by Gasteiger charge is -2.27. The molecule has 3 aromatic heterocycles. The average Bonchev–Trinajstić information content (AvgIpc) is 3.92. The van der Waals surface area contributed by atoms with Gasteiger partial charge in [-0.1, -0.05) is 109 Å². The van der Waals surface area contributed by atoms with Gasteiger partial charge in [-0.15, -0.1) is 22.7 Å². The van der Waals surface area contributed by atoms with Crippen molar-refractivity contribution in [3.8, 4) is 11.1 Å². The summed E-state index contributed by atoms with van der Waals surface area (Å²) in [6, 6.07) is 64.2. The van der Waals surface area contributed by atoms with Crippen LogP contribution in [0.15, 0.2) is 180 Å². The highest BCUT2D eigenvalue weighted by molar-refractivity contribution is 7.26. The molecule has 0 bridgehead atoms. The molecule has 252 valence electrons. The maximum Gasteiger partial charge on any atom is 0.144 e. The van der Waals surface area contributed by atoms with E-state index in [1.807, 2.05) is 22.7 Å². The van der Waals surface area contributed by atoms with Crippen molar-refractivity contribution in [1.29, 1.82) is 0 Å². The molecule has 0 spiro atoms. The molecule has 0 aliphatic heterocycles. The van der Waals surface area contributed by atoms with Crippen LogP contribution in [0.4, 0.5) is 17.1 Å². The van der Waals surface area contributed by atoms with Crippen LogP contribution in [0.2, 0.25) is 0 Å². The highest BCUT2D eigenvalue weighted by atomic mass is 32.1. The number of benzene rings is 9. The summed E-state index contributed by atoms with van der Waals surface area (Å²) >= 11 is 3.71. The van der Waals surface area contributed by atoms with E-state index in [0.717, 1.165) is 33.3 Å². The van der Waals surface area contributed by atoms with Crippen molar-refractivity contribution in [2.24, 2.45) is 0 Å². The Morgan fingerprint density at radius 3 is 1.94 bits per heavy atom. The Bertz CT molecular complexity index is 3460. The highest BCUT2D eigenvalue weighted by Gasteiger charge is 2.24. The molecule has 0 aliphatic rings. The maximum atomic E-state index is 6.71. The fraction of sp³-hybridized carbons (Fsp3) is 0. The zero-order chi connectivity index (χ0) is 35.3. The van der Waals surface area contributed by atoms with E-state index in [-0.39, 0.29) is 0 Å². The second-order valence-corrected chi connectivity index (χ2v) is 16.2. The molecule has 0 N–H and O–H groups in total. The largest absolute Gasteiger partial charge is 0.455 e. The van der Waals surface area contributed by atoms with Gasteiger partial charge in [-0.3, -0.25) is 0 Å². The number of hydrogen-bond donors (Lipinski definition) is 0. The first-order valence-corrected chi connectivity index (χ1v) is 19.9. The minimum Gasteiger partial charge on any atom is -0.455 e. The van der Waals surface area contributed by atoms with Crippen LogP contribution in [0.5, 0.6) is 0 Å². The SMILES string of the molecule is c1ccc2cc(-c3ccc(N(c4cccc5c4sc4cc6ccccc6cc45)c4cccc5sc6ccc7c8ccccc8oc7c6c45)cc3)ccc2c1. The Morgan fingerprint density at radius 2 is 1.07 bits per heavy atom. The van der Waals surface area contributed by atoms with Crippen molar-refractivity contribution >= 4 is 124 Å². The number of anilines is 3. The minimum absolute atomic E-state index is 0.917. The molecule has 9 aromatic carbocycles. The number of furan rings is 1. The lowest BCUT2D eigenvalue weighted by atomic mass is 10.0. The van der Waals surface area contributed by atoms with Crippen LogP contribution in [0.25, 0.3) is 95.0 Å². The van der Waals surface area contributed by atoms with E-state index in [1.165, 1.54) is 78.7 Å². The van der Waals surface area contributed by atoms with E-state index in [4.69, 9.17) is 4.42 Å². The molecule has 0 unspecified atom stereocenters. The molecule has 2 nitrogen and oxygen atoms in total. The van der Waals surface area contributed by atoms with Crippen molar-refractivity contribution in [3.05, 3.63) is 176 Å². The van der Waals surface area contributed by atoms with E-state index in [9.17, 15) is 0 Å². The topological polar surface area (TPSA) is 16.4 Å². The summed E-state index contributed by atoms with van der Waals surface area (Å²) in [4.78, 5) is 2.48. The molecule has 4 heteroatoms. The molecule has 0 fully saturated rings. The molecular formula is C50H29NOS2. The third-order valence-corrected chi connectivity index (χ3v) is 13.3. The Kier molecular flexibility index (Phi) is 6.41. The van der Waals surface area contributed by atoms with Gasteiger partial charge in [-0.05, 0) is 99.4 Å². The van der Waals surface area contributed by atoms with E-state index in [1.54, 1.807) is 0 Å². The molecular weight excluding hydrogens is 695 g/mol. The number of nitrogens with zero attached hydrogens (tertiary/aromatic N) is 1. The summed E-state index contributed by atoms with van der Waals surface area (Å²) in [5.41, 5.74) is 7.69. The first kappa shape index (κ1) is 30.0. The van der Waals surface area contributed by atoms with Gasteiger partial charge < -0.3 is 9.32 Å². The molecule has 0 saturated heterocycles. The third kappa shape index (κ3) is 4.45. The number of fused-ring (bicyclic) bond motifs is 12. The van der Waals surface area contributed by atoms with Gasteiger partial charge in [0.1, 0.15) is 11.2 Å². The summed E-state index contributed by atoms with van der Waals surface area (Å²) in [5, 5.41) is 12.3. The Labute approximate surface area is 318 Å². The Morgan fingerprint density at radius 1 is 0.389 bits per heavy atom. The van der Waals surface area contributed by atoms with Crippen LogP contribution >= 0.6 is 22.7 Å². The Balaban J connectivity index is 1.13. The number of hydrogen-bond acceptors (Lipinski definition) is 4. The van der Waals surface area contributed by atoms with Crippen molar-refractivity contribution in [2.45, 2.75) is 0 Å². The zero-order valence-corrected chi connectivity index (χ0v) is 30.5. The quantitative estimate of drug-likeness (QED) is 0.180. The standard InChI is InChI=1S/C50H29NOS2/c1-2-10-32-27-35(20-19-30(32)9-1)31-21-23-36(24-22-31)51(42-16-7-14-39-40-28-33-11-3-4-12-34(33)29-46(40)54-50(39)42)41-15-8-18-44-47(41)48-45(53-44)26-25-38-37-13-5-6-17-43(37)52-49(38)48/h1-29H. The monoisotopic (exact) mass is 723 g/mol. The second-order valence-electron chi connectivity index (χ2n) is 14.1. The first-order chi connectivity index (χ1) is 26.7. The average molecular weight is 724 g/mol. The zero-order valence-electron chi connectivity index (χ0n) is 28.9. The van der Waals surface area contributed by atoms with Crippen molar-refractivity contribution in [3.63, 3.8) is 0 Å². The molecule has 54 heavy (non-hydrogen) atoms. The predicted octanol–water partition coefficient (Wildman–Crippen LogP) is 15.8. The minimum atomic E-state index is 0.917. The predicted molar refractivity (Wildman–Crippen MR) is 235 cm³/mol. The number of thiophene rings is 2. The van der Waals surface area contributed by atoms with Gasteiger partial charge in [0.25, 0.3) is 0 Å². The second kappa shape index (κ2) is 11.5. The Hall–Kier alpha value is -6.46. The summed E-state index contributed by atoms with van der Waals surface area (Å²) in [5.74, 6) is 0. The smallest absolute Gasteiger partial charge is 0.144 e. The maximum absolute atomic E-state index is 6.71. The molecule has 0 radical (unpaired) electrons. The van der Waals surface area contributed by atoms with Gasteiger partial charge in [-0.2, -0.15) is 0 Å². The van der Waals surface area contributed by atoms with Crippen LogP contribution in [0.3, 0.4) is 0 Å². The molecule has 0 aliphatic carbocycles. The molecule has 12 aromatic rings. The van der Waals surface area contributed by atoms with Crippen LogP contribution in [0, 0.1) is 0 Å².